The van der Waals surface area contributed by atoms with E-state index >= 15 is 0 Å². The maximum Gasteiger partial charge on any atom is 0.335 e. The fourth-order valence-corrected chi connectivity index (χ4v) is 4.90. The molecule has 2 N–H and O–H groups in total. The maximum absolute atomic E-state index is 11.8. The minimum Gasteiger partial charge on any atom is -0.490 e. The number of fused-ring (bicyclic) bond motifs is 1. The molecule has 0 unspecified atom stereocenters. The highest BCUT2D eigenvalue weighted by Crippen LogP contribution is 2.35. The minimum absolute atomic E-state index is 0.0362. The molecule has 0 aromatic heterocycles. The quantitative estimate of drug-likeness (QED) is 0.0692. The first-order valence-corrected chi connectivity index (χ1v) is 15.8. The van der Waals surface area contributed by atoms with E-state index in [2.05, 4.69) is 68.6 Å². The van der Waals surface area contributed by atoms with Crippen molar-refractivity contribution in [3.8, 4) is 33.8 Å². The molecule has 0 saturated carbocycles. The molecule has 4 rings (SSSR count). The van der Waals surface area contributed by atoms with Crippen LogP contribution in [0.3, 0.4) is 0 Å². The molecule has 0 bridgehead atoms. The first-order chi connectivity index (χ1) is 22.8. The van der Waals surface area contributed by atoms with Crippen LogP contribution in [0.4, 0.5) is 0 Å². The topological polar surface area (TPSA) is 112 Å². The van der Waals surface area contributed by atoms with Crippen LogP contribution in [0.25, 0.3) is 33.0 Å². The van der Waals surface area contributed by atoms with E-state index in [0.717, 1.165) is 33.9 Å². The molecule has 0 aliphatic heterocycles. The Morgan fingerprint density at radius 1 is 0.638 bits per heavy atom. The summed E-state index contributed by atoms with van der Waals surface area (Å²) >= 11 is 0. The highest BCUT2D eigenvalue weighted by Gasteiger charge is 2.12. The van der Waals surface area contributed by atoms with E-state index in [9.17, 15) is 9.59 Å². The number of rotatable bonds is 18. The fourth-order valence-electron chi connectivity index (χ4n) is 4.90. The van der Waals surface area contributed by atoms with Crippen LogP contribution in [0.15, 0.2) is 103 Å². The van der Waals surface area contributed by atoms with E-state index in [-0.39, 0.29) is 37.6 Å². The zero-order valence-corrected chi connectivity index (χ0v) is 26.8. The van der Waals surface area contributed by atoms with Gasteiger partial charge < -0.3 is 29.2 Å². The Bertz CT molecular complexity index is 1670. The van der Waals surface area contributed by atoms with Gasteiger partial charge in [-0.05, 0) is 58.2 Å². The largest absolute Gasteiger partial charge is 0.490 e. The second kappa shape index (κ2) is 17.7. The van der Waals surface area contributed by atoms with Gasteiger partial charge in [-0.15, -0.1) is 0 Å². The first kappa shape index (κ1) is 34.9. The van der Waals surface area contributed by atoms with Gasteiger partial charge in [0, 0.05) is 11.5 Å². The van der Waals surface area contributed by atoms with E-state index in [1.807, 2.05) is 24.3 Å². The highest BCUT2D eigenvalue weighted by molar-refractivity contribution is 5.93. The maximum atomic E-state index is 11.8. The molecular weight excluding hydrogens is 596 g/mol. The zero-order chi connectivity index (χ0) is 33.6. The van der Waals surface area contributed by atoms with E-state index in [1.54, 1.807) is 6.07 Å². The van der Waals surface area contributed by atoms with Crippen molar-refractivity contribution in [2.45, 2.75) is 32.6 Å². The number of carbonyl (C=O) groups is 2. The van der Waals surface area contributed by atoms with Crippen LogP contribution in [-0.4, -0.2) is 61.8 Å². The average Bonchev–Trinajstić information content (AvgIpc) is 3.11. The van der Waals surface area contributed by atoms with Gasteiger partial charge in [-0.25, -0.2) is 9.59 Å². The molecule has 0 atom stereocenters. The van der Waals surface area contributed by atoms with Crippen molar-refractivity contribution in [2.24, 2.45) is 0 Å². The van der Waals surface area contributed by atoms with Crippen LogP contribution < -0.4 is 9.47 Å². The van der Waals surface area contributed by atoms with Crippen molar-refractivity contribution in [3.05, 3.63) is 109 Å². The van der Waals surface area contributed by atoms with Crippen molar-refractivity contribution in [2.75, 3.05) is 39.6 Å². The molecule has 0 radical (unpaired) electrons. The lowest BCUT2D eigenvalue weighted by Crippen LogP contribution is -2.15. The molecule has 4 aromatic rings. The number of aliphatic hydroxyl groups excluding tert-OH is 2. The third-order valence-corrected chi connectivity index (χ3v) is 7.58. The van der Waals surface area contributed by atoms with Crippen molar-refractivity contribution >= 4 is 22.7 Å². The molecular formula is C39H42O8. The monoisotopic (exact) mass is 638 g/mol. The predicted molar refractivity (Wildman–Crippen MR) is 183 cm³/mol. The third-order valence-electron chi connectivity index (χ3n) is 7.58. The molecule has 0 aliphatic carbocycles. The average molecular weight is 639 g/mol. The van der Waals surface area contributed by atoms with Gasteiger partial charge in [0.15, 0.2) is 0 Å². The number of benzene rings is 4. The predicted octanol–water partition coefficient (Wildman–Crippen LogP) is 6.85. The number of aliphatic hydroxyl groups is 2. The summed E-state index contributed by atoms with van der Waals surface area (Å²) in [4.78, 5) is 23.6. The van der Waals surface area contributed by atoms with Crippen LogP contribution >= 0.6 is 0 Å². The summed E-state index contributed by atoms with van der Waals surface area (Å²) in [6.07, 6.45) is 4.79. The van der Waals surface area contributed by atoms with Crippen LogP contribution in [0.5, 0.6) is 11.5 Å². The van der Waals surface area contributed by atoms with Crippen molar-refractivity contribution in [3.63, 3.8) is 0 Å². The second-order valence-electron chi connectivity index (χ2n) is 11.1. The molecule has 246 valence electrons. The van der Waals surface area contributed by atoms with Gasteiger partial charge >= 0.3 is 11.9 Å². The van der Waals surface area contributed by atoms with E-state index in [1.165, 1.54) is 30.4 Å². The lowest BCUT2D eigenvalue weighted by Gasteiger charge is -2.15. The van der Waals surface area contributed by atoms with Crippen molar-refractivity contribution in [1.82, 2.24) is 0 Å². The number of ether oxygens (including phenoxy) is 4. The third kappa shape index (κ3) is 10.0. The number of unbranched alkanes of at least 4 members (excludes halogenated alkanes) is 2. The Hall–Kier alpha value is -4.92. The Morgan fingerprint density at radius 3 is 1.74 bits per heavy atom. The van der Waals surface area contributed by atoms with Crippen LogP contribution in [-0.2, 0) is 25.5 Å². The van der Waals surface area contributed by atoms with E-state index in [4.69, 9.17) is 29.2 Å². The molecule has 8 nitrogen and oxygen atoms in total. The van der Waals surface area contributed by atoms with Gasteiger partial charge in [0.05, 0.1) is 24.4 Å². The number of esters is 2. The summed E-state index contributed by atoms with van der Waals surface area (Å²) in [6, 6.07) is 26.9. The van der Waals surface area contributed by atoms with Crippen molar-refractivity contribution < 1.29 is 38.7 Å². The summed E-state index contributed by atoms with van der Waals surface area (Å²) in [5.41, 5.74) is 5.67. The molecule has 0 saturated heterocycles. The molecule has 8 heteroatoms. The Kier molecular flexibility index (Phi) is 13.2. The molecule has 0 amide bonds. The minimum atomic E-state index is -0.688. The summed E-state index contributed by atoms with van der Waals surface area (Å²) in [7, 11) is 0. The summed E-state index contributed by atoms with van der Waals surface area (Å²) in [6.45, 7) is 8.22. The van der Waals surface area contributed by atoms with Gasteiger partial charge in [0.25, 0.3) is 0 Å². The number of hydrogen-bond acceptors (Lipinski definition) is 8. The number of aryl methyl sites for hydroxylation is 1. The SMILES string of the molecule is C=C(CO)C(=O)OCCOc1cc(OCCOC(=O)C(=C)CO)c2ccc(-c3ccc(-c4ccc(CCCCC)cc4)cc3)cc2c1. The number of hydrogen-bond donors (Lipinski definition) is 2. The molecule has 0 fully saturated rings. The molecule has 0 aliphatic rings. The number of carbonyl (C=O) groups excluding carboxylic acids is 2. The standard InChI is InChI=1S/C39H42O8/c1-4-5-6-7-29-8-10-30(11-9-29)31-12-14-32(15-13-31)33-16-17-36-34(22-33)23-35(44-18-20-46-38(42)27(2)25-40)24-37(36)45-19-21-47-39(43)28(3)26-41/h8-17,22-24,40-41H,2-7,18-21,25-26H2,1H3. The van der Waals surface area contributed by atoms with Crippen LogP contribution in [0, 0.1) is 0 Å². The van der Waals surface area contributed by atoms with Gasteiger partial charge in [-0.1, -0.05) is 93.6 Å². The summed E-state index contributed by atoms with van der Waals surface area (Å²) < 4.78 is 22.1. The van der Waals surface area contributed by atoms with Crippen molar-refractivity contribution in [1.29, 1.82) is 0 Å². The summed E-state index contributed by atoms with van der Waals surface area (Å²) in [5.74, 6) is -0.375. The van der Waals surface area contributed by atoms with Gasteiger partial charge in [-0.3, -0.25) is 0 Å². The Balaban J connectivity index is 1.51. The van der Waals surface area contributed by atoms with Crippen LogP contribution in [0.2, 0.25) is 0 Å². The van der Waals surface area contributed by atoms with E-state index in [0.29, 0.717) is 11.5 Å². The smallest absolute Gasteiger partial charge is 0.335 e. The second-order valence-corrected chi connectivity index (χ2v) is 11.1. The zero-order valence-electron chi connectivity index (χ0n) is 26.8. The Labute approximate surface area is 275 Å². The van der Waals surface area contributed by atoms with Crippen LogP contribution in [0.1, 0.15) is 31.7 Å². The molecule has 47 heavy (non-hydrogen) atoms. The van der Waals surface area contributed by atoms with Gasteiger partial charge in [-0.2, -0.15) is 0 Å². The molecule has 4 aromatic carbocycles. The Morgan fingerprint density at radius 2 is 1.17 bits per heavy atom. The highest BCUT2D eigenvalue weighted by atomic mass is 16.6. The molecule has 0 spiro atoms. The summed E-state index contributed by atoms with van der Waals surface area (Å²) in [5, 5.41) is 19.8. The first-order valence-electron chi connectivity index (χ1n) is 15.8. The fraction of sp³-hybridized carbons (Fsp3) is 0.282. The molecule has 0 heterocycles. The lowest BCUT2D eigenvalue weighted by atomic mass is 9.97. The van der Waals surface area contributed by atoms with Gasteiger partial charge in [0.1, 0.15) is 37.9 Å². The van der Waals surface area contributed by atoms with E-state index < -0.39 is 25.2 Å². The lowest BCUT2D eigenvalue weighted by molar-refractivity contribution is -0.141. The normalized spacial score (nSPS) is 10.8. The van der Waals surface area contributed by atoms with Gasteiger partial charge in [0.2, 0.25) is 0 Å².